The molecule has 1 aromatic carbocycles. The molecule has 1 aromatic rings. The van der Waals surface area contributed by atoms with Crippen LogP contribution in [0.3, 0.4) is 0 Å². The van der Waals surface area contributed by atoms with Crippen molar-refractivity contribution in [3.05, 3.63) is 28.8 Å². The van der Waals surface area contributed by atoms with E-state index in [-0.39, 0.29) is 10.8 Å². The van der Waals surface area contributed by atoms with Crippen LogP contribution < -0.4 is 9.88 Å². The molecule has 15 heavy (non-hydrogen) atoms. The van der Waals surface area contributed by atoms with Crippen LogP contribution in [-0.2, 0) is 10.0 Å². The van der Waals surface area contributed by atoms with Crippen LogP contribution in [0.2, 0.25) is 5.02 Å². The zero-order valence-electron chi connectivity index (χ0n) is 7.51. The lowest BCUT2D eigenvalue weighted by Gasteiger charge is -2.05. The van der Waals surface area contributed by atoms with Crippen LogP contribution in [0, 0.1) is 0 Å². The smallest absolute Gasteiger partial charge is 0.244 e. The summed E-state index contributed by atoms with van der Waals surface area (Å²) in [6, 6.07) is 4.20. The summed E-state index contributed by atoms with van der Waals surface area (Å²) in [5, 5.41) is 4.93. The molecule has 5 nitrogen and oxygen atoms in total. The summed E-state index contributed by atoms with van der Waals surface area (Å²) in [4.78, 5) is 10.4. The van der Waals surface area contributed by atoms with E-state index in [2.05, 4.69) is 0 Å². The van der Waals surface area contributed by atoms with Gasteiger partial charge in [-0.05, 0) is 18.2 Å². The third-order valence-corrected chi connectivity index (χ3v) is 2.26. The Labute approximate surface area is 91.8 Å². The van der Waals surface area contributed by atoms with Gasteiger partial charge in [-0.1, -0.05) is 11.6 Å². The highest BCUT2D eigenvalue weighted by molar-refractivity contribution is 7.88. The second-order valence-electron chi connectivity index (χ2n) is 2.73. The fourth-order valence-corrected chi connectivity index (χ4v) is 1.36. The Bertz CT molecular complexity index is 472. The lowest BCUT2D eigenvalue weighted by Crippen LogP contribution is -2.20. The van der Waals surface area contributed by atoms with E-state index in [0.717, 1.165) is 0 Å². The van der Waals surface area contributed by atoms with Gasteiger partial charge < -0.3 is 4.74 Å². The molecule has 0 saturated heterocycles. The molecule has 0 spiro atoms. The predicted octanol–water partition coefficient (Wildman–Crippen LogP) is 0.777. The Morgan fingerprint density at radius 1 is 1.47 bits per heavy atom. The summed E-state index contributed by atoms with van der Waals surface area (Å²) in [5.41, 5.74) is 0.305. The topological polar surface area (TPSA) is 86.5 Å². The van der Waals surface area contributed by atoms with Gasteiger partial charge in [0, 0.05) is 5.56 Å². The molecule has 2 N–H and O–H groups in total. The number of aldehydes is 1. The Morgan fingerprint density at radius 3 is 2.60 bits per heavy atom. The lowest BCUT2D eigenvalue weighted by atomic mass is 10.2. The maximum absolute atomic E-state index is 10.6. The van der Waals surface area contributed by atoms with Crippen LogP contribution in [0.1, 0.15) is 10.4 Å². The molecular formula is C8H8ClNO4S. The second kappa shape index (κ2) is 4.61. The van der Waals surface area contributed by atoms with Gasteiger partial charge in [0.05, 0.1) is 5.02 Å². The largest absolute Gasteiger partial charge is 0.476 e. The molecule has 0 aliphatic heterocycles. The molecule has 0 bridgehead atoms. The average molecular weight is 250 g/mol. The zero-order valence-corrected chi connectivity index (χ0v) is 9.09. The highest BCUT2D eigenvalue weighted by Gasteiger charge is 2.05. The number of nitrogens with two attached hydrogens (primary N) is 1. The summed E-state index contributed by atoms with van der Waals surface area (Å²) in [6.45, 7) is 0. The van der Waals surface area contributed by atoms with Crippen LogP contribution >= 0.6 is 11.6 Å². The third-order valence-electron chi connectivity index (χ3n) is 1.49. The highest BCUT2D eigenvalue weighted by Crippen LogP contribution is 2.21. The number of carbonyl (C=O) groups is 1. The Hall–Kier alpha value is -1.11. The van der Waals surface area contributed by atoms with Crippen molar-refractivity contribution in [1.29, 1.82) is 0 Å². The van der Waals surface area contributed by atoms with Gasteiger partial charge in [0.2, 0.25) is 16.0 Å². The number of hydrogen-bond donors (Lipinski definition) is 1. The summed E-state index contributed by atoms with van der Waals surface area (Å²) >= 11 is 5.69. The third kappa shape index (κ3) is 3.86. The van der Waals surface area contributed by atoms with Gasteiger partial charge in [0.15, 0.2) is 6.29 Å². The maximum atomic E-state index is 10.6. The SMILES string of the molecule is NS(=O)(=O)COc1ccc(C=O)c(Cl)c1. The van der Waals surface area contributed by atoms with E-state index < -0.39 is 16.0 Å². The van der Waals surface area contributed by atoms with Crippen molar-refractivity contribution in [2.45, 2.75) is 0 Å². The average Bonchev–Trinajstić information content (AvgIpc) is 2.14. The molecule has 0 atom stereocenters. The summed E-state index contributed by atoms with van der Waals surface area (Å²) < 4.78 is 26.0. The minimum Gasteiger partial charge on any atom is -0.476 e. The first-order chi connectivity index (χ1) is 6.92. The highest BCUT2D eigenvalue weighted by atomic mass is 35.5. The van der Waals surface area contributed by atoms with Gasteiger partial charge in [0.1, 0.15) is 5.75 Å². The van der Waals surface area contributed by atoms with Crippen LogP contribution in [0.25, 0.3) is 0 Å². The van der Waals surface area contributed by atoms with Gasteiger partial charge in [-0.15, -0.1) is 0 Å². The van der Waals surface area contributed by atoms with Crippen molar-refractivity contribution < 1.29 is 17.9 Å². The van der Waals surface area contributed by atoms with E-state index in [1.807, 2.05) is 0 Å². The molecule has 0 radical (unpaired) electrons. The van der Waals surface area contributed by atoms with Gasteiger partial charge >= 0.3 is 0 Å². The first-order valence-electron chi connectivity index (χ1n) is 3.80. The summed E-state index contributed by atoms with van der Waals surface area (Å²) in [7, 11) is -3.69. The van der Waals surface area contributed by atoms with Crippen molar-refractivity contribution >= 4 is 27.9 Å². The molecule has 0 amide bonds. The fraction of sp³-hybridized carbons (Fsp3) is 0.125. The Morgan fingerprint density at radius 2 is 2.13 bits per heavy atom. The first-order valence-corrected chi connectivity index (χ1v) is 5.90. The van der Waals surface area contributed by atoms with Crippen LogP contribution in [-0.4, -0.2) is 20.6 Å². The van der Waals surface area contributed by atoms with Gasteiger partial charge in [-0.2, -0.15) is 0 Å². The van der Waals surface area contributed by atoms with Crippen molar-refractivity contribution in [3.8, 4) is 5.75 Å². The molecule has 0 heterocycles. The maximum Gasteiger partial charge on any atom is 0.244 e. The number of carbonyl (C=O) groups excluding carboxylic acids is 1. The molecular weight excluding hydrogens is 242 g/mol. The van der Waals surface area contributed by atoms with Crippen LogP contribution in [0.5, 0.6) is 5.75 Å². The molecule has 82 valence electrons. The molecule has 0 saturated carbocycles. The predicted molar refractivity (Wildman–Crippen MR) is 55.4 cm³/mol. The molecule has 0 aliphatic carbocycles. The van der Waals surface area contributed by atoms with E-state index in [9.17, 15) is 13.2 Å². The quantitative estimate of drug-likeness (QED) is 0.799. The van der Waals surface area contributed by atoms with Gasteiger partial charge in [0.25, 0.3) is 0 Å². The number of halogens is 1. The van der Waals surface area contributed by atoms with E-state index in [0.29, 0.717) is 11.8 Å². The Balaban J connectivity index is 2.80. The molecule has 0 aromatic heterocycles. The summed E-state index contributed by atoms with van der Waals surface area (Å²) in [6.07, 6.45) is 0.589. The minimum absolute atomic E-state index is 0.192. The number of ether oxygens (including phenoxy) is 1. The van der Waals surface area contributed by atoms with Crippen LogP contribution in [0.15, 0.2) is 18.2 Å². The fourth-order valence-electron chi connectivity index (χ4n) is 0.843. The van der Waals surface area contributed by atoms with Crippen LogP contribution in [0.4, 0.5) is 0 Å². The van der Waals surface area contributed by atoms with Crippen molar-refractivity contribution in [3.63, 3.8) is 0 Å². The molecule has 0 aliphatic rings. The van der Waals surface area contributed by atoms with E-state index >= 15 is 0 Å². The van der Waals surface area contributed by atoms with E-state index in [1.54, 1.807) is 0 Å². The van der Waals surface area contributed by atoms with Crippen molar-refractivity contribution in [1.82, 2.24) is 0 Å². The minimum atomic E-state index is -3.69. The van der Waals surface area contributed by atoms with Crippen molar-refractivity contribution in [2.75, 3.05) is 5.94 Å². The number of benzene rings is 1. The summed E-state index contributed by atoms with van der Waals surface area (Å²) in [5.74, 6) is -0.399. The second-order valence-corrected chi connectivity index (χ2v) is 4.69. The number of hydrogen-bond acceptors (Lipinski definition) is 4. The lowest BCUT2D eigenvalue weighted by molar-refractivity contribution is 0.112. The Kier molecular flexibility index (Phi) is 3.67. The zero-order chi connectivity index (χ0) is 11.5. The molecule has 0 unspecified atom stereocenters. The van der Waals surface area contributed by atoms with E-state index in [4.69, 9.17) is 21.5 Å². The monoisotopic (exact) mass is 249 g/mol. The van der Waals surface area contributed by atoms with Gasteiger partial charge in [-0.25, -0.2) is 13.6 Å². The molecule has 1 rings (SSSR count). The number of sulfonamides is 1. The van der Waals surface area contributed by atoms with Gasteiger partial charge in [-0.3, -0.25) is 4.79 Å². The normalized spacial score (nSPS) is 11.1. The number of primary sulfonamides is 1. The molecule has 0 fully saturated rings. The van der Waals surface area contributed by atoms with E-state index in [1.165, 1.54) is 18.2 Å². The van der Waals surface area contributed by atoms with Crippen molar-refractivity contribution in [2.24, 2.45) is 5.14 Å². The first kappa shape index (κ1) is 12.0. The standard InChI is InChI=1S/C8H8ClNO4S/c9-8-3-7(2-1-6(8)4-11)14-5-15(10,12)13/h1-4H,5H2,(H2,10,12,13). The molecule has 7 heteroatoms. The number of rotatable bonds is 4.